The fraction of sp³-hybridized carbons (Fsp3) is 0.222. The van der Waals surface area contributed by atoms with Crippen LogP contribution in [0, 0.1) is 12.7 Å². The van der Waals surface area contributed by atoms with Crippen molar-refractivity contribution in [3.05, 3.63) is 58.9 Å². The van der Waals surface area contributed by atoms with Crippen molar-refractivity contribution in [1.82, 2.24) is 0 Å². The Morgan fingerprint density at radius 3 is 2.29 bits per heavy atom. The monoisotopic (exact) mass is 350 g/mol. The minimum absolute atomic E-state index is 0.0228. The van der Waals surface area contributed by atoms with Gasteiger partial charge in [0, 0.05) is 12.8 Å². The van der Waals surface area contributed by atoms with Gasteiger partial charge in [0.15, 0.2) is 11.6 Å². The van der Waals surface area contributed by atoms with E-state index >= 15 is 0 Å². The van der Waals surface area contributed by atoms with Crippen molar-refractivity contribution < 1.29 is 23.5 Å². The van der Waals surface area contributed by atoms with Gasteiger partial charge in [0.25, 0.3) is 0 Å². The number of hydrogen-bond acceptors (Lipinski definition) is 4. The van der Waals surface area contributed by atoms with Crippen LogP contribution < -0.4 is 9.47 Å². The molecule has 0 N–H and O–H groups in total. The first-order valence-electron chi connectivity index (χ1n) is 7.38. The molecule has 0 heterocycles. The van der Waals surface area contributed by atoms with Crippen LogP contribution in [-0.2, 0) is 9.59 Å². The minimum atomic E-state index is -0.612. The Balaban J connectivity index is 1.77. The standard InChI is InChI=1S/C18H16ClFO4/c1-12-9-10-13(19)16(11-12)24-18(22)8-4-7-17(21)23-15-6-3-2-5-14(15)20/h2-3,5-6,9-11H,4,7-8H2,1H3. The van der Waals surface area contributed by atoms with Crippen molar-refractivity contribution in [2.45, 2.75) is 26.2 Å². The summed E-state index contributed by atoms with van der Waals surface area (Å²) in [6.45, 7) is 1.85. The SMILES string of the molecule is Cc1ccc(Cl)c(OC(=O)CCCC(=O)Oc2ccccc2F)c1. The predicted molar refractivity (Wildman–Crippen MR) is 87.7 cm³/mol. The molecule has 2 rings (SSSR count). The summed E-state index contributed by atoms with van der Waals surface area (Å²) in [6.07, 6.45) is 0.233. The molecule has 2 aromatic carbocycles. The van der Waals surface area contributed by atoms with E-state index in [1.54, 1.807) is 24.3 Å². The molecule has 0 radical (unpaired) electrons. The van der Waals surface area contributed by atoms with Gasteiger partial charge in [-0.15, -0.1) is 0 Å². The number of aryl methyl sites for hydroxylation is 1. The van der Waals surface area contributed by atoms with E-state index in [4.69, 9.17) is 21.1 Å². The zero-order valence-electron chi connectivity index (χ0n) is 13.1. The van der Waals surface area contributed by atoms with Gasteiger partial charge >= 0.3 is 11.9 Å². The van der Waals surface area contributed by atoms with E-state index in [0.717, 1.165) is 5.56 Å². The molecule has 0 saturated heterocycles. The van der Waals surface area contributed by atoms with Crippen LogP contribution in [0.25, 0.3) is 0 Å². The second kappa shape index (κ2) is 8.45. The number of halogens is 2. The van der Waals surface area contributed by atoms with E-state index in [9.17, 15) is 14.0 Å². The number of benzene rings is 2. The molecular formula is C18H16ClFO4. The van der Waals surface area contributed by atoms with Crippen molar-refractivity contribution in [3.8, 4) is 11.5 Å². The quantitative estimate of drug-likeness (QED) is 0.569. The first-order chi connectivity index (χ1) is 11.5. The molecule has 0 fully saturated rings. The van der Waals surface area contributed by atoms with Gasteiger partial charge in [-0.2, -0.15) is 0 Å². The van der Waals surface area contributed by atoms with E-state index in [2.05, 4.69) is 0 Å². The number of rotatable bonds is 6. The molecule has 4 nitrogen and oxygen atoms in total. The number of carbonyl (C=O) groups excluding carboxylic acids is 2. The third-order valence-corrected chi connectivity index (χ3v) is 3.44. The topological polar surface area (TPSA) is 52.6 Å². The molecule has 0 aliphatic carbocycles. The highest BCUT2D eigenvalue weighted by atomic mass is 35.5. The summed E-state index contributed by atoms with van der Waals surface area (Å²) < 4.78 is 23.4. The van der Waals surface area contributed by atoms with E-state index in [1.165, 1.54) is 18.2 Å². The molecule has 6 heteroatoms. The van der Waals surface area contributed by atoms with Gasteiger partial charge in [-0.1, -0.05) is 29.8 Å². The van der Waals surface area contributed by atoms with E-state index < -0.39 is 17.8 Å². The smallest absolute Gasteiger partial charge is 0.311 e. The molecule has 0 unspecified atom stereocenters. The molecule has 126 valence electrons. The predicted octanol–water partition coefficient (Wildman–Crippen LogP) is 4.47. The minimum Gasteiger partial charge on any atom is -0.425 e. The third kappa shape index (κ3) is 5.35. The maximum atomic E-state index is 13.3. The summed E-state index contributed by atoms with van der Waals surface area (Å²) in [4.78, 5) is 23.4. The third-order valence-electron chi connectivity index (χ3n) is 3.13. The van der Waals surface area contributed by atoms with E-state index in [-0.39, 0.29) is 30.8 Å². The fourth-order valence-corrected chi connectivity index (χ4v) is 2.10. The van der Waals surface area contributed by atoms with Crippen LogP contribution >= 0.6 is 11.6 Å². The Morgan fingerprint density at radius 2 is 1.62 bits per heavy atom. The first-order valence-corrected chi connectivity index (χ1v) is 7.75. The molecule has 24 heavy (non-hydrogen) atoms. The van der Waals surface area contributed by atoms with Gasteiger partial charge in [-0.05, 0) is 43.2 Å². The van der Waals surface area contributed by atoms with Crippen LogP contribution in [0.1, 0.15) is 24.8 Å². The maximum Gasteiger partial charge on any atom is 0.311 e. The number of hydrogen-bond donors (Lipinski definition) is 0. The Kier molecular flexibility index (Phi) is 6.32. The number of ether oxygens (including phenoxy) is 2. The summed E-state index contributed by atoms with van der Waals surface area (Å²) in [5.41, 5.74) is 0.913. The molecule has 0 atom stereocenters. The second-order valence-electron chi connectivity index (χ2n) is 5.17. The molecule has 0 aliphatic heterocycles. The zero-order valence-corrected chi connectivity index (χ0v) is 13.8. The maximum absolute atomic E-state index is 13.3. The molecule has 0 aromatic heterocycles. The van der Waals surface area contributed by atoms with Gasteiger partial charge in [0.05, 0.1) is 5.02 Å². The number of para-hydroxylation sites is 1. The lowest BCUT2D eigenvalue weighted by atomic mass is 10.2. The van der Waals surface area contributed by atoms with Gasteiger partial charge < -0.3 is 9.47 Å². The van der Waals surface area contributed by atoms with Crippen molar-refractivity contribution in [2.75, 3.05) is 0 Å². The summed E-state index contributed by atoms with van der Waals surface area (Å²) in [5.74, 6) is -1.56. The van der Waals surface area contributed by atoms with Gasteiger partial charge in [-0.3, -0.25) is 9.59 Å². The van der Waals surface area contributed by atoms with Crippen LogP contribution in [0.15, 0.2) is 42.5 Å². The average molecular weight is 351 g/mol. The molecule has 2 aromatic rings. The molecule has 0 bridgehead atoms. The highest BCUT2D eigenvalue weighted by molar-refractivity contribution is 6.32. The van der Waals surface area contributed by atoms with Crippen molar-refractivity contribution in [2.24, 2.45) is 0 Å². The summed E-state index contributed by atoms with van der Waals surface area (Å²) in [7, 11) is 0. The highest BCUT2D eigenvalue weighted by Crippen LogP contribution is 2.25. The molecule has 0 amide bonds. The lowest BCUT2D eigenvalue weighted by Crippen LogP contribution is -2.12. The largest absolute Gasteiger partial charge is 0.425 e. The lowest BCUT2D eigenvalue weighted by Gasteiger charge is -2.07. The average Bonchev–Trinajstić information content (AvgIpc) is 2.53. The van der Waals surface area contributed by atoms with Crippen molar-refractivity contribution >= 4 is 23.5 Å². The summed E-state index contributed by atoms with van der Waals surface area (Å²) in [5, 5.41) is 0.341. The summed E-state index contributed by atoms with van der Waals surface area (Å²) in [6, 6.07) is 10.7. The van der Waals surface area contributed by atoms with Crippen LogP contribution in [0.5, 0.6) is 11.5 Å². The Labute approximate surface area is 144 Å². The zero-order chi connectivity index (χ0) is 17.5. The van der Waals surface area contributed by atoms with Gasteiger partial charge in [0.2, 0.25) is 0 Å². The normalized spacial score (nSPS) is 10.3. The fourth-order valence-electron chi connectivity index (χ4n) is 1.94. The highest BCUT2D eigenvalue weighted by Gasteiger charge is 2.12. The Morgan fingerprint density at radius 1 is 1.00 bits per heavy atom. The second-order valence-corrected chi connectivity index (χ2v) is 5.57. The van der Waals surface area contributed by atoms with Crippen LogP contribution in [0.2, 0.25) is 5.02 Å². The first kappa shape index (κ1) is 17.9. The van der Waals surface area contributed by atoms with E-state index in [1.807, 2.05) is 6.92 Å². The molecular weight excluding hydrogens is 335 g/mol. The Bertz CT molecular complexity index is 746. The van der Waals surface area contributed by atoms with Gasteiger partial charge in [-0.25, -0.2) is 4.39 Å². The molecule has 0 spiro atoms. The number of esters is 2. The molecule has 0 saturated carbocycles. The van der Waals surface area contributed by atoms with Crippen LogP contribution in [-0.4, -0.2) is 11.9 Å². The lowest BCUT2D eigenvalue weighted by molar-refractivity contribution is -0.136. The van der Waals surface area contributed by atoms with Crippen LogP contribution in [0.4, 0.5) is 4.39 Å². The Hall–Kier alpha value is -2.40. The van der Waals surface area contributed by atoms with E-state index in [0.29, 0.717) is 5.02 Å². The summed E-state index contributed by atoms with van der Waals surface area (Å²) >= 11 is 5.94. The number of carbonyl (C=O) groups is 2. The van der Waals surface area contributed by atoms with Crippen LogP contribution in [0.3, 0.4) is 0 Å². The van der Waals surface area contributed by atoms with Crippen molar-refractivity contribution in [3.63, 3.8) is 0 Å². The van der Waals surface area contributed by atoms with Gasteiger partial charge in [0.1, 0.15) is 5.75 Å². The molecule has 0 aliphatic rings. The van der Waals surface area contributed by atoms with Crippen molar-refractivity contribution in [1.29, 1.82) is 0 Å².